The predicted octanol–water partition coefficient (Wildman–Crippen LogP) is 4.07. The highest BCUT2D eigenvalue weighted by Gasteiger charge is 2.33. The molecule has 0 aromatic heterocycles. The van der Waals surface area contributed by atoms with Gasteiger partial charge in [0.15, 0.2) is 4.24 Å². The van der Waals surface area contributed by atoms with Gasteiger partial charge in [-0.25, -0.2) is 21.2 Å². The maximum atomic E-state index is 13.2. The molecule has 3 aromatic carbocycles. The van der Waals surface area contributed by atoms with Gasteiger partial charge in [-0.05, 0) is 48.0 Å². The summed E-state index contributed by atoms with van der Waals surface area (Å²) in [7, 11) is -8.67. The summed E-state index contributed by atoms with van der Waals surface area (Å²) in [6.45, 7) is 0. The van der Waals surface area contributed by atoms with E-state index in [4.69, 9.17) is 0 Å². The summed E-state index contributed by atoms with van der Waals surface area (Å²) in [6.07, 6.45) is 1.05. The molecule has 0 unspecified atom stereocenters. The van der Waals surface area contributed by atoms with Crippen molar-refractivity contribution in [1.29, 1.82) is 0 Å². The molecule has 0 atom stereocenters. The molecule has 0 aliphatic carbocycles. The number of rotatable bonds is 5. The molecule has 4 nitrogen and oxygen atoms in total. The minimum Gasteiger partial charge on any atom is -0.218 e. The lowest BCUT2D eigenvalue weighted by atomic mass is 10.2. The minimum absolute atomic E-state index is 0.141. The SMILES string of the molecule is O=S(=O)(C(=Cc1ccc(F)cc1)S(=O)(=O)c1ccccc1)c1ccccc1. The van der Waals surface area contributed by atoms with Gasteiger partial charge in [0.2, 0.25) is 19.7 Å². The van der Waals surface area contributed by atoms with Gasteiger partial charge in [0.05, 0.1) is 9.79 Å². The highest BCUT2D eigenvalue weighted by atomic mass is 32.3. The summed E-state index contributed by atoms with van der Waals surface area (Å²) in [6, 6.07) is 19.5. The van der Waals surface area contributed by atoms with Crippen LogP contribution in [-0.2, 0) is 19.7 Å². The molecule has 0 aliphatic heterocycles. The van der Waals surface area contributed by atoms with Crippen LogP contribution in [0, 0.1) is 5.82 Å². The highest BCUT2D eigenvalue weighted by molar-refractivity contribution is 8.14. The third kappa shape index (κ3) is 3.99. The summed E-state index contributed by atoms with van der Waals surface area (Å²) < 4.78 is 64.8. The normalized spacial score (nSPS) is 11.7. The topological polar surface area (TPSA) is 68.3 Å². The Morgan fingerprint density at radius 2 is 1.04 bits per heavy atom. The standard InChI is InChI=1S/C20H15FO4S2/c21-17-13-11-16(12-14-17)15-20(26(22,23)18-7-3-1-4-8-18)27(24,25)19-9-5-2-6-10-19/h1-15H. The van der Waals surface area contributed by atoms with Crippen molar-refractivity contribution < 1.29 is 21.2 Å². The Kier molecular flexibility index (Phi) is 5.25. The van der Waals surface area contributed by atoms with Gasteiger partial charge in [0.1, 0.15) is 5.82 Å². The molecule has 0 amide bonds. The van der Waals surface area contributed by atoms with Gasteiger partial charge in [-0.15, -0.1) is 0 Å². The average molecular weight is 402 g/mol. The second-order valence-electron chi connectivity index (χ2n) is 5.65. The molecule has 0 aliphatic rings. The molecule has 0 bridgehead atoms. The first-order valence-corrected chi connectivity index (χ1v) is 10.9. The highest BCUT2D eigenvalue weighted by Crippen LogP contribution is 2.30. The Morgan fingerprint density at radius 3 is 1.44 bits per heavy atom. The summed E-state index contributed by atoms with van der Waals surface area (Å²) in [4.78, 5) is -0.282. The second-order valence-corrected chi connectivity index (χ2v) is 9.74. The Labute approximate surface area is 157 Å². The molecule has 0 radical (unpaired) electrons. The third-order valence-electron chi connectivity index (χ3n) is 3.79. The van der Waals surface area contributed by atoms with Crippen LogP contribution < -0.4 is 0 Å². The zero-order chi connectivity index (χ0) is 19.5. The van der Waals surface area contributed by atoms with Gasteiger partial charge >= 0.3 is 0 Å². The molecule has 3 aromatic rings. The van der Waals surface area contributed by atoms with Gasteiger partial charge in [-0.2, -0.15) is 0 Å². The van der Waals surface area contributed by atoms with Crippen LogP contribution in [-0.4, -0.2) is 16.8 Å². The molecule has 27 heavy (non-hydrogen) atoms. The monoisotopic (exact) mass is 402 g/mol. The number of hydrogen-bond donors (Lipinski definition) is 0. The molecule has 0 saturated carbocycles. The fourth-order valence-electron chi connectivity index (χ4n) is 2.43. The minimum atomic E-state index is -4.34. The largest absolute Gasteiger partial charge is 0.218 e. The quantitative estimate of drug-likeness (QED) is 0.645. The van der Waals surface area contributed by atoms with E-state index < -0.39 is 29.7 Å². The van der Waals surface area contributed by atoms with Crippen LogP contribution in [0.3, 0.4) is 0 Å². The third-order valence-corrected chi connectivity index (χ3v) is 8.19. The maximum absolute atomic E-state index is 13.2. The summed E-state index contributed by atoms with van der Waals surface area (Å²) in [5.41, 5.74) is 0.255. The van der Waals surface area contributed by atoms with Crippen LogP contribution in [0.2, 0.25) is 0 Å². The number of benzene rings is 3. The van der Waals surface area contributed by atoms with Crippen LogP contribution in [0.1, 0.15) is 5.56 Å². The van der Waals surface area contributed by atoms with Crippen LogP contribution in [0.4, 0.5) is 4.39 Å². The number of halogens is 1. The van der Waals surface area contributed by atoms with Gasteiger partial charge in [-0.3, -0.25) is 0 Å². The van der Waals surface area contributed by atoms with Crippen LogP contribution in [0.25, 0.3) is 6.08 Å². The Hall–Kier alpha value is -2.77. The number of hydrogen-bond acceptors (Lipinski definition) is 4. The van der Waals surface area contributed by atoms with E-state index in [2.05, 4.69) is 0 Å². The van der Waals surface area contributed by atoms with E-state index in [-0.39, 0.29) is 15.4 Å². The van der Waals surface area contributed by atoms with E-state index in [1.165, 1.54) is 60.7 Å². The molecule has 0 spiro atoms. The van der Waals surface area contributed by atoms with Crippen molar-refractivity contribution in [2.75, 3.05) is 0 Å². The molecule has 7 heteroatoms. The Morgan fingerprint density at radius 1 is 0.630 bits per heavy atom. The molecule has 3 rings (SSSR count). The van der Waals surface area contributed by atoms with E-state index >= 15 is 0 Å². The Bertz CT molecular complexity index is 1100. The van der Waals surface area contributed by atoms with E-state index in [0.29, 0.717) is 0 Å². The van der Waals surface area contributed by atoms with Crippen molar-refractivity contribution in [3.05, 3.63) is 101 Å². The molecule has 0 fully saturated rings. The van der Waals surface area contributed by atoms with Gasteiger partial charge < -0.3 is 0 Å². The first-order chi connectivity index (χ1) is 12.8. The van der Waals surface area contributed by atoms with Gasteiger partial charge in [0.25, 0.3) is 0 Å². The molecular weight excluding hydrogens is 387 g/mol. The van der Waals surface area contributed by atoms with Crippen molar-refractivity contribution in [2.45, 2.75) is 9.79 Å². The molecule has 0 N–H and O–H groups in total. The van der Waals surface area contributed by atoms with E-state index in [1.807, 2.05) is 0 Å². The molecular formula is C20H15FO4S2. The van der Waals surface area contributed by atoms with E-state index in [0.717, 1.165) is 18.2 Å². The van der Waals surface area contributed by atoms with Crippen molar-refractivity contribution in [1.82, 2.24) is 0 Å². The molecule has 0 saturated heterocycles. The van der Waals surface area contributed by atoms with E-state index in [1.54, 1.807) is 12.1 Å². The zero-order valence-corrected chi connectivity index (χ0v) is 15.6. The lowest BCUT2D eigenvalue weighted by Crippen LogP contribution is -2.15. The fraction of sp³-hybridized carbons (Fsp3) is 0. The van der Waals surface area contributed by atoms with E-state index in [9.17, 15) is 21.2 Å². The molecule has 138 valence electrons. The van der Waals surface area contributed by atoms with Crippen molar-refractivity contribution in [2.24, 2.45) is 0 Å². The lowest BCUT2D eigenvalue weighted by molar-refractivity contribution is 0.595. The van der Waals surface area contributed by atoms with Gasteiger partial charge in [-0.1, -0.05) is 48.5 Å². The maximum Gasteiger partial charge on any atom is 0.217 e. The molecule has 0 heterocycles. The van der Waals surface area contributed by atoms with Crippen LogP contribution in [0.15, 0.2) is 99.0 Å². The van der Waals surface area contributed by atoms with Crippen molar-refractivity contribution >= 4 is 25.8 Å². The predicted molar refractivity (Wildman–Crippen MR) is 102 cm³/mol. The van der Waals surface area contributed by atoms with Crippen LogP contribution in [0.5, 0.6) is 0 Å². The summed E-state index contributed by atoms with van der Waals surface area (Å²) >= 11 is 0. The summed E-state index contributed by atoms with van der Waals surface area (Å²) in [5.74, 6) is -0.509. The smallest absolute Gasteiger partial charge is 0.217 e. The number of sulfone groups is 2. The van der Waals surface area contributed by atoms with Crippen molar-refractivity contribution in [3.63, 3.8) is 0 Å². The fourth-order valence-corrected chi connectivity index (χ4v) is 6.24. The Balaban J connectivity index is 2.26. The van der Waals surface area contributed by atoms with Crippen LogP contribution >= 0.6 is 0 Å². The lowest BCUT2D eigenvalue weighted by Gasteiger charge is -2.11. The first kappa shape index (κ1) is 19.0. The van der Waals surface area contributed by atoms with Gasteiger partial charge in [0, 0.05) is 0 Å². The zero-order valence-electron chi connectivity index (χ0n) is 14.0. The summed E-state index contributed by atoms with van der Waals surface area (Å²) in [5, 5.41) is 0. The average Bonchev–Trinajstić information content (AvgIpc) is 2.68. The van der Waals surface area contributed by atoms with Crippen molar-refractivity contribution in [3.8, 4) is 0 Å². The second kappa shape index (κ2) is 7.46. The first-order valence-electron chi connectivity index (χ1n) is 7.89.